The molecule has 0 saturated carbocycles. The zero-order chi connectivity index (χ0) is 19.4. The van der Waals surface area contributed by atoms with E-state index in [9.17, 15) is 5.11 Å². The SMILES string of the molecule is CN(C)c1ccc(C(c2ccc(N(C)C)cc2)C(O)c2ccccc2)cc1. The first-order valence-corrected chi connectivity index (χ1v) is 9.25. The van der Waals surface area contributed by atoms with Gasteiger partial charge < -0.3 is 14.9 Å². The van der Waals surface area contributed by atoms with Crippen molar-refractivity contribution >= 4 is 11.4 Å². The lowest BCUT2D eigenvalue weighted by molar-refractivity contribution is 0.159. The number of anilines is 2. The Morgan fingerprint density at radius 1 is 0.556 bits per heavy atom. The Labute approximate surface area is 162 Å². The first-order chi connectivity index (χ1) is 13.0. The molecule has 3 aromatic carbocycles. The fraction of sp³-hybridized carbons (Fsp3) is 0.250. The summed E-state index contributed by atoms with van der Waals surface area (Å²) < 4.78 is 0. The number of hydrogen-bond donors (Lipinski definition) is 1. The predicted octanol–water partition coefficient (Wildman–Crippen LogP) is 4.68. The smallest absolute Gasteiger partial charge is 0.0899 e. The molecule has 3 heteroatoms. The summed E-state index contributed by atoms with van der Waals surface area (Å²) in [5.74, 6) is -0.125. The van der Waals surface area contributed by atoms with E-state index < -0.39 is 6.10 Å². The van der Waals surface area contributed by atoms with Gasteiger partial charge in [-0.25, -0.2) is 0 Å². The van der Waals surface area contributed by atoms with Crippen LogP contribution < -0.4 is 9.80 Å². The molecule has 1 unspecified atom stereocenters. The number of aliphatic hydroxyl groups is 1. The maximum absolute atomic E-state index is 11.2. The molecule has 0 fully saturated rings. The van der Waals surface area contributed by atoms with E-state index in [2.05, 4.69) is 58.3 Å². The van der Waals surface area contributed by atoms with Gasteiger partial charge in [-0.2, -0.15) is 0 Å². The third kappa shape index (κ3) is 4.32. The molecule has 1 atom stereocenters. The lowest BCUT2D eigenvalue weighted by Gasteiger charge is -2.26. The first kappa shape index (κ1) is 19.0. The zero-order valence-electron chi connectivity index (χ0n) is 16.5. The minimum atomic E-state index is -0.610. The van der Waals surface area contributed by atoms with E-state index in [1.54, 1.807) is 0 Å². The lowest BCUT2D eigenvalue weighted by Crippen LogP contribution is -2.14. The molecule has 3 aromatic rings. The van der Waals surface area contributed by atoms with Crippen molar-refractivity contribution in [1.29, 1.82) is 0 Å². The van der Waals surface area contributed by atoms with E-state index in [-0.39, 0.29) is 5.92 Å². The second-order valence-corrected chi connectivity index (χ2v) is 7.31. The Balaban J connectivity index is 2.03. The van der Waals surface area contributed by atoms with Crippen LogP contribution in [0.15, 0.2) is 78.9 Å². The highest BCUT2D eigenvalue weighted by Crippen LogP contribution is 2.37. The molecule has 1 N–H and O–H groups in total. The van der Waals surface area contributed by atoms with Gasteiger partial charge in [0.05, 0.1) is 6.10 Å². The predicted molar refractivity (Wildman–Crippen MR) is 115 cm³/mol. The summed E-state index contributed by atoms with van der Waals surface area (Å²) in [6.45, 7) is 0. The second-order valence-electron chi connectivity index (χ2n) is 7.31. The van der Waals surface area contributed by atoms with Gasteiger partial charge in [-0.3, -0.25) is 0 Å². The van der Waals surface area contributed by atoms with Crippen molar-refractivity contribution in [2.45, 2.75) is 12.0 Å². The summed E-state index contributed by atoms with van der Waals surface area (Å²) >= 11 is 0. The molecule has 27 heavy (non-hydrogen) atoms. The fourth-order valence-corrected chi connectivity index (χ4v) is 3.36. The molecule has 0 saturated heterocycles. The summed E-state index contributed by atoms with van der Waals surface area (Å²) in [5, 5.41) is 11.2. The topological polar surface area (TPSA) is 26.7 Å². The van der Waals surface area contributed by atoms with Crippen molar-refractivity contribution in [2.24, 2.45) is 0 Å². The molecule has 3 nitrogen and oxygen atoms in total. The molecular weight excluding hydrogens is 332 g/mol. The molecule has 0 aliphatic heterocycles. The summed E-state index contributed by atoms with van der Waals surface area (Å²) in [5.41, 5.74) is 5.43. The molecule has 0 radical (unpaired) electrons. The fourth-order valence-electron chi connectivity index (χ4n) is 3.36. The third-order valence-electron chi connectivity index (χ3n) is 4.99. The van der Waals surface area contributed by atoms with Gasteiger partial charge in [0, 0.05) is 45.5 Å². The number of benzene rings is 3. The highest BCUT2D eigenvalue weighted by Gasteiger charge is 2.24. The Kier molecular flexibility index (Phi) is 5.82. The molecule has 140 valence electrons. The van der Waals surface area contributed by atoms with E-state index in [1.165, 1.54) is 0 Å². The molecule has 0 aromatic heterocycles. The number of aliphatic hydroxyl groups excluding tert-OH is 1. The van der Waals surface area contributed by atoms with Crippen LogP contribution in [0.5, 0.6) is 0 Å². The maximum atomic E-state index is 11.2. The van der Waals surface area contributed by atoms with E-state index in [0.29, 0.717) is 0 Å². The van der Waals surface area contributed by atoms with Crippen LogP contribution in [-0.2, 0) is 0 Å². The van der Waals surface area contributed by atoms with E-state index in [0.717, 1.165) is 28.1 Å². The summed E-state index contributed by atoms with van der Waals surface area (Å²) in [6, 6.07) is 26.8. The highest BCUT2D eigenvalue weighted by atomic mass is 16.3. The van der Waals surface area contributed by atoms with E-state index in [1.807, 2.05) is 58.5 Å². The lowest BCUT2D eigenvalue weighted by atomic mass is 9.83. The maximum Gasteiger partial charge on any atom is 0.0899 e. The summed E-state index contributed by atoms with van der Waals surface area (Å²) in [6.07, 6.45) is -0.610. The van der Waals surface area contributed by atoms with Gasteiger partial charge in [0.15, 0.2) is 0 Å². The Morgan fingerprint density at radius 2 is 0.963 bits per heavy atom. The number of nitrogens with zero attached hydrogens (tertiary/aromatic N) is 2. The molecular formula is C24H28N2O. The Hall–Kier alpha value is -2.78. The highest BCUT2D eigenvalue weighted by molar-refractivity contribution is 5.51. The second kappa shape index (κ2) is 8.28. The monoisotopic (exact) mass is 360 g/mol. The quantitative estimate of drug-likeness (QED) is 0.691. The summed E-state index contributed by atoms with van der Waals surface area (Å²) in [7, 11) is 8.13. The van der Waals surface area contributed by atoms with Gasteiger partial charge in [-0.1, -0.05) is 54.6 Å². The Morgan fingerprint density at radius 3 is 1.33 bits per heavy atom. The average molecular weight is 361 g/mol. The summed E-state index contributed by atoms with van der Waals surface area (Å²) in [4.78, 5) is 4.16. The van der Waals surface area contributed by atoms with Crippen LogP contribution in [0.2, 0.25) is 0 Å². The van der Waals surface area contributed by atoms with Crippen LogP contribution in [-0.4, -0.2) is 33.3 Å². The van der Waals surface area contributed by atoms with Gasteiger partial charge in [0.1, 0.15) is 0 Å². The third-order valence-corrected chi connectivity index (χ3v) is 4.99. The minimum Gasteiger partial charge on any atom is -0.387 e. The first-order valence-electron chi connectivity index (χ1n) is 9.25. The van der Waals surface area contributed by atoms with E-state index in [4.69, 9.17) is 0 Å². The van der Waals surface area contributed by atoms with Gasteiger partial charge in [-0.15, -0.1) is 0 Å². The number of rotatable bonds is 6. The van der Waals surface area contributed by atoms with Crippen molar-refractivity contribution < 1.29 is 5.11 Å². The zero-order valence-corrected chi connectivity index (χ0v) is 16.5. The van der Waals surface area contributed by atoms with Crippen molar-refractivity contribution in [3.8, 4) is 0 Å². The van der Waals surface area contributed by atoms with Crippen LogP contribution in [0.1, 0.15) is 28.7 Å². The molecule has 0 aliphatic carbocycles. The van der Waals surface area contributed by atoms with Crippen molar-refractivity contribution in [2.75, 3.05) is 38.0 Å². The van der Waals surface area contributed by atoms with Crippen LogP contribution in [0.4, 0.5) is 11.4 Å². The van der Waals surface area contributed by atoms with Crippen LogP contribution in [0, 0.1) is 0 Å². The van der Waals surface area contributed by atoms with Crippen LogP contribution in [0.3, 0.4) is 0 Å². The molecule has 0 aliphatic rings. The largest absolute Gasteiger partial charge is 0.387 e. The van der Waals surface area contributed by atoms with Gasteiger partial charge >= 0.3 is 0 Å². The normalized spacial score (nSPS) is 12.1. The molecule has 3 rings (SSSR count). The standard InChI is InChI=1S/C24H28N2O/c1-25(2)21-14-10-18(11-15-21)23(24(27)20-8-6-5-7-9-20)19-12-16-22(17-13-19)26(3)4/h5-17,23-24,27H,1-4H3. The van der Waals surface area contributed by atoms with Crippen molar-refractivity contribution in [3.05, 3.63) is 95.6 Å². The van der Waals surface area contributed by atoms with Gasteiger partial charge in [0.2, 0.25) is 0 Å². The molecule has 0 spiro atoms. The molecule has 0 heterocycles. The van der Waals surface area contributed by atoms with Crippen molar-refractivity contribution in [3.63, 3.8) is 0 Å². The number of hydrogen-bond acceptors (Lipinski definition) is 3. The molecule has 0 bridgehead atoms. The minimum absolute atomic E-state index is 0.125. The van der Waals surface area contributed by atoms with Crippen LogP contribution in [0.25, 0.3) is 0 Å². The van der Waals surface area contributed by atoms with Gasteiger partial charge in [-0.05, 0) is 41.0 Å². The average Bonchev–Trinajstić information content (AvgIpc) is 2.69. The van der Waals surface area contributed by atoms with Crippen LogP contribution >= 0.6 is 0 Å². The molecule has 0 amide bonds. The Bertz CT molecular complexity index is 788. The van der Waals surface area contributed by atoms with E-state index >= 15 is 0 Å². The van der Waals surface area contributed by atoms with Gasteiger partial charge in [0.25, 0.3) is 0 Å². The van der Waals surface area contributed by atoms with Crippen molar-refractivity contribution in [1.82, 2.24) is 0 Å².